The van der Waals surface area contributed by atoms with Gasteiger partial charge in [0.05, 0.1) is 12.3 Å². The second-order valence-corrected chi connectivity index (χ2v) is 6.59. The fourth-order valence-corrected chi connectivity index (χ4v) is 3.63. The number of thioether (sulfide) groups is 1. The van der Waals surface area contributed by atoms with Crippen molar-refractivity contribution >= 4 is 29.6 Å². The van der Waals surface area contributed by atoms with Gasteiger partial charge < -0.3 is 9.80 Å². The number of hydrogen-bond donors (Lipinski definition) is 0. The van der Waals surface area contributed by atoms with Crippen molar-refractivity contribution in [2.24, 2.45) is 0 Å². The van der Waals surface area contributed by atoms with E-state index in [-0.39, 0.29) is 30.9 Å². The number of imide groups is 1. The summed E-state index contributed by atoms with van der Waals surface area (Å²) in [5, 5.41) is 0. The lowest BCUT2D eigenvalue weighted by atomic mass is 10.2. The Morgan fingerprint density at radius 2 is 2.08 bits per heavy atom. The standard InChI is InChI=1S/C16H18N4O3S/c1-2-7-20-15(22)13-10-18(8-9-19(13)16(20)23)14(21)11-24-12-3-5-17-6-4-12/h2-6,13H,1,7-11H2/t13-/m0/s1. The predicted octanol–water partition coefficient (Wildman–Crippen LogP) is 0.835. The molecule has 0 spiro atoms. The molecule has 0 aliphatic carbocycles. The van der Waals surface area contributed by atoms with Crippen molar-refractivity contribution in [2.75, 3.05) is 31.9 Å². The Balaban J connectivity index is 1.60. The van der Waals surface area contributed by atoms with Gasteiger partial charge in [0.25, 0.3) is 5.91 Å². The molecule has 2 aliphatic heterocycles. The first-order chi connectivity index (χ1) is 11.6. The van der Waals surface area contributed by atoms with Crippen LogP contribution in [0.3, 0.4) is 0 Å². The first-order valence-corrected chi connectivity index (χ1v) is 8.64. The van der Waals surface area contributed by atoms with Gasteiger partial charge in [0.15, 0.2) is 0 Å². The molecule has 0 bridgehead atoms. The summed E-state index contributed by atoms with van der Waals surface area (Å²) in [4.78, 5) is 46.3. The molecule has 0 saturated carbocycles. The molecule has 126 valence electrons. The molecule has 2 fully saturated rings. The van der Waals surface area contributed by atoms with E-state index in [1.165, 1.54) is 22.7 Å². The van der Waals surface area contributed by atoms with Gasteiger partial charge in [-0.25, -0.2) is 4.79 Å². The summed E-state index contributed by atoms with van der Waals surface area (Å²) in [5.41, 5.74) is 0. The van der Waals surface area contributed by atoms with Gasteiger partial charge in [-0.1, -0.05) is 6.08 Å². The summed E-state index contributed by atoms with van der Waals surface area (Å²) in [6.07, 6.45) is 4.90. The zero-order valence-corrected chi connectivity index (χ0v) is 13.9. The van der Waals surface area contributed by atoms with E-state index in [2.05, 4.69) is 11.6 Å². The molecule has 4 amide bonds. The van der Waals surface area contributed by atoms with E-state index < -0.39 is 6.04 Å². The van der Waals surface area contributed by atoms with E-state index in [0.717, 1.165) is 4.90 Å². The molecule has 0 radical (unpaired) electrons. The highest BCUT2D eigenvalue weighted by atomic mass is 32.2. The van der Waals surface area contributed by atoms with Crippen LogP contribution in [-0.2, 0) is 9.59 Å². The average molecular weight is 346 g/mol. The van der Waals surface area contributed by atoms with Gasteiger partial charge in [-0.2, -0.15) is 0 Å². The van der Waals surface area contributed by atoms with Crippen molar-refractivity contribution in [3.63, 3.8) is 0 Å². The molecule has 7 nitrogen and oxygen atoms in total. The van der Waals surface area contributed by atoms with Crippen molar-refractivity contribution in [2.45, 2.75) is 10.9 Å². The van der Waals surface area contributed by atoms with Gasteiger partial charge in [0.2, 0.25) is 5.91 Å². The molecule has 1 aromatic heterocycles. The van der Waals surface area contributed by atoms with Gasteiger partial charge in [-0.3, -0.25) is 19.5 Å². The Bertz CT molecular complexity index is 667. The molecule has 0 unspecified atom stereocenters. The molecule has 2 aliphatic rings. The Morgan fingerprint density at radius 1 is 1.33 bits per heavy atom. The highest BCUT2D eigenvalue weighted by molar-refractivity contribution is 8.00. The van der Waals surface area contributed by atoms with Crippen molar-refractivity contribution in [1.82, 2.24) is 19.7 Å². The topological polar surface area (TPSA) is 73.8 Å². The minimum absolute atomic E-state index is 0.0288. The van der Waals surface area contributed by atoms with Crippen LogP contribution >= 0.6 is 11.8 Å². The molecule has 24 heavy (non-hydrogen) atoms. The second kappa shape index (κ2) is 7.04. The van der Waals surface area contributed by atoms with Gasteiger partial charge in [-0.15, -0.1) is 18.3 Å². The Kier molecular flexibility index (Phi) is 4.84. The summed E-state index contributed by atoms with van der Waals surface area (Å²) >= 11 is 1.44. The van der Waals surface area contributed by atoms with E-state index in [0.29, 0.717) is 18.8 Å². The van der Waals surface area contributed by atoms with Crippen LogP contribution in [0.4, 0.5) is 4.79 Å². The van der Waals surface area contributed by atoms with E-state index in [1.54, 1.807) is 22.2 Å². The number of piperazine rings is 1. The average Bonchev–Trinajstić information content (AvgIpc) is 2.85. The molecule has 2 saturated heterocycles. The first-order valence-electron chi connectivity index (χ1n) is 7.65. The number of aromatic nitrogens is 1. The number of fused-ring (bicyclic) bond motifs is 1. The normalized spacial score (nSPS) is 20.3. The summed E-state index contributed by atoms with van der Waals surface area (Å²) < 4.78 is 0. The molecular formula is C16H18N4O3S. The molecule has 1 aromatic rings. The zero-order valence-electron chi connectivity index (χ0n) is 13.1. The lowest BCUT2D eigenvalue weighted by Gasteiger charge is -2.35. The minimum Gasteiger partial charge on any atom is -0.338 e. The maximum absolute atomic E-state index is 12.4. The lowest BCUT2D eigenvalue weighted by molar-refractivity contribution is -0.134. The molecule has 3 rings (SSSR count). The number of carbonyl (C=O) groups is 3. The van der Waals surface area contributed by atoms with Crippen LogP contribution in [0.2, 0.25) is 0 Å². The fourth-order valence-electron chi connectivity index (χ4n) is 2.85. The largest absolute Gasteiger partial charge is 0.338 e. The van der Waals surface area contributed by atoms with Gasteiger partial charge in [0, 0.05) is 36.9 Å². The highest BCUT2D eigenvalue weighted by Gasteiger charge is 2.47. The highest BCUT2D eigenvalue weighted by Crippen LogP contribution is 2.23. The van der Waals surface area contributed by atoms with Crippen LogP contribution in [0.25, 0.3) is 0 Å². The van der Waals surface area contributed by atoms with Gasteiger partial charge in [0.1, 0.15) is 6.04 Å². The molecule has 8 heteroatoms. The Labute approximate surface area is 144 Å². The van der Waals surface area contributed by atoms with E-state index in [1.807, 2.05) is 12.1 Å². The maximum atomic E-state index is 12.4. The SMILES string of the molecule is C=CCN1C(=O)[C@@H]2CN(C(=O)CSc3ccncc3)CCN2C1=O. The lowest BCUT2D eigenvalue weighted by Crippen LogP contribution is -2.55. The zero-order chi connectivity index (χ0) is 17.1. The minimum atomic E-state index is -0.568. The number of amides is 4. The van der Waals surface area contributed by atoms with Crippen LogP contribution in [0.15, 0.2) is 42.1 Å². The van der Waals surface area contributed by atoms with Crippen molar-refractivity contribution < 1.29 is 14.4 Å². The molecule has 0 aromatic carbocycles. The fraction of sp³-hybridized carbons (Fsp3) is 0.375. The summed E-state index contributed by atoms with van der Waals surface area (Å²) in [5.74, 6) is 0.0213. The number of carbonyl (C=O) groups excluding carboxylic acids is 3. The van der Waals surface area contributed by atoms with Gasteiger partial charge in [-0.05, 0) is 12.1 Å². The summed E-state index contributed by atoms with van der Waals surface area (Å²) in [7, 11) is 0. The smallest absolute Gasteiger partial charge is 0.327 e. The predicted molar refractivity (Wildman–Crippen MR) is 89.3 cm³/mol. The first kappa shape index (κ1) is 16.5. The van der Waals surface area contributed by atoms with E-state index >= 15 is 0 Å². The van der Waals surface area contributed by atoms with Crippen LogP contribution < -0.4 is 0 Å². The second-order valence-electron chi connectivity index (χ2n) is 5.54. The van der Waals surface area contributed by atoms with E-state index in [9.17, 15) is 14.4 Å². The number of nitrogens with zero attached hydrogens (tertiary/aromatic N) is 4. The summed E-state index contributed by atoms with van der Waals surface area (Å²) in [6, 6.07) is 2.84. The maximum Gasteiger partial charge on any atom is 0.327 e. The number of pyridine rings is 1. The number of urea groups is 1. The molecular weight excluding hydrogens is 328 g/mol. The monoisotopic (exact) mass is 346 g/mol. The van der Waals surface area contributed by atoms with Crippen LogP contribution in [0.5, 0.6) is 0 Å². The van der Waals surface area contributed by atoms with Crippen molar-refractivity contribution in [3.8, 4) is 0 Å². The Hall–Kier alpha value is -2.35. The van der Waals surface area contributed by atoms with Crippen LogP contribution in [-0.4, -0.2) is 75.5 Å². The third-order valence-corrected chi connectivity index (χ3v) is 5.08. The van der Waals surface area contributed by atoms with Crippen molar-refractivity contribution in [3.05, 3.63) is 37.2 Å². The molecule has 0 N–H and O–H groups in total. The Morgan fingerprint density at radius 3 is 2.79 bits per heavy atom. The number of hydrogen-bond acceptors (Lipinski definition) is 5. The van der Waals surface area contributed by atoms with Crippen LogP contribution in [0, 0.1) is 0 Å². The van der Waals surface area contributed by atoms with Crippen molar-refractivity contribution in [1.29, 1.82) is 0 Å². The number of rotatable bonds is 5. The molecule has 3 heterocycles. The third-order valence-electron chi connectivity index (χ3n) is 4.08. The van der Waals surface area contributed by atoms with Gasteiger partial charge >= 0.3 is 6.03 Å². The molecule has 1 atom stereocenters. The van der Waals surface area contributed by atoms with E-state index in [4.69, 9.17) is 0 Å². The quantitative estimate of drug-likeness (QED) is 0.449. The third kappa shape index (κ3) is 3.14. The van der Waals surface area contributed by atoms with Crippen LogP contribution in [0.1, 0.15) is 0 Å². The summed E-state index contributed by atoms with van der Waals surface area (Å²) in [6.45, 7) is 4.87.